The van der Waals surface area contributed by atoms with E-state index in [1.807, 2.05) is 0 Å². The Balaban J connectivity index is 2.61. The monoisotopic (exact) mass is 301 g/mol. The van der Waals surface area contributed by atoms with Crippen molar-refractivity contribution >= 4 is 21.8 Å². The Kier molecular flexibility index (Phi) is 5.62. The van der Waals surface area contributed by atoms with Crippen LogP contribution in [0.2, 0.25) is 0 Å². The highest BCUT2D eigenvalue weighted by atomic mass is 79.9. The van der Waals surface area contributed by atoms with Gasteiger partial charge in [0.05, 0.1) is 4.47 Å². The van der Waals surface area contributed by atoms with Crippen LogP contribution < -0.4 is 5.32 Å². The van der Waals surface area contributed by atoms with Gasteiger partial charge in [0.25, 0.3) is 5.91 Å². The first-order chi connectivity index (χ1) is 8.08. The molecule has 0 bridgehead atoms. The fraction of sp³-hybridized carbons (Fsp3) is 0.462. The van der Waals surface area contributed by atoms with Gasteiger partial charge >= 0.3 is 0 Å². The van der Waals surface area contributed by atoms with Gasteiger partial charge in [0.2, 0.25) is 0 Å². The highest BCUT2D eigenvalue weighted by Crippen LogP contribution is 2.16. The van der Waals surface area contributed by atoms with Crippen LogP contribution in [-0.4, -0.2) is 12.5 Å². The third-order valence-electron chi connectivity index (χ3n) is 2.89. The largest absolute Gasteiger partial charge is 0.352 e. The zero-order valence-electron chi connectivity index (χ0n) is 10.1. The van der Waals surface area contributed by atoms with Gasteiger partial charge in [-0.15, -0.1) is 0 Å². The van der Waals surface area contributed by atoms with Crippen molar-refractivity contribution in [3.05, 3.63) is 34.1 Å². The van der Waals surface area contributed by atoms with Crippen LogP contribution >= 0.6 is 15.9 Å². The average molecular weight is 302 g/mol. The molecule has 2 nitrogen and oxygen atoms in total. The molecule has 0 heterocycles. The van der Waals surface area contributed by atoms with E-state index in [1.165, 1.54) is 6.07 Å². The Morgan fingerprint density at radius 3 is 2.59 bits per heavy atom. The first kappa shape index (κ1) is 14.2. The van der Waals surface area contributed by atoms with Crippen molar-refractivity contribution in [1.29, 1.82) is 0 Å². The molecule has 0 fully saturated rings. The lowest BCUT2D eigenvalue weighted by Crippen LogP contribution is -2.28. The maximum Gasteiger partial charge on any atom is 0.251 e. The quantitative estimate of drug-likeness (QED) is 0.881. The number of amides is 1. The normalized spacial score (nSPS) is 10.6. The lowest BCUT2D eigenvalue weighted by molar-refractivity contribution is 0.0946. The second kappa shape index (κ2) is 6.74. The van der Waals surface area contributed by atoms with Gasteiger partial charge in [-0.2, -0.15) is 0 Å². The molecule has 0 spiro atoms. The lowest BCUT2D eigenvalue weighted by atomic mass is 10.0. The van der Waals surface area contributed by atoms with Gasteiger partial charge < -0.3 is 5.32 Å². The Bertz CT molecular complexity index is 391. The first-order valence-corrected chi connectivity index (χ1v) is 6.61. The van der Waals surface area contributed by atoms with Crippen LogP contribution in [0.25, 0.3) is 0 Å². The number of nitrogens with one attached hydrogen (secondary N) is 1. The summed E-state index contributed by atoms with van der Waals surface area (Å²) < 4.78 is 13.6. The Labute approximate surface area is 110 Å². The topological polar surface area (TPSA) is 29.1 Å². The van der Waals surface area contributed by atoms with E-state index in [2.05, 4.69) is 35.1 Å². The molecule has 94 valence electrons. The molecule has 4 heteroatoms. The average Bonchev–Trinajstić information content (AvgIpc) is 2.33. The number of benzene rings is 1. The molecule has 1 amide bonds. The van der Waals surface area contributed by atoms with Crippen molar-refractivity contribution in [2.75, 3.05) is 6.54 Å². The summed E-state index contributed by atoms with van der Waals surface area (Å²) in [7, 11) is 0. The van der Waals surface area contributed by atoms with Crippen LogP contribution in [0.5, 0.6) is 0 Å². The molecule has 0 aromatic heterocycles. The molecule has 0 saturated carbocycles. The minimum atomic E-state index is -0.416. The van der Waals surface area contributed by atoms with Crippen LogP contribution in [0.1, 0.15) is 37.0 Å². The molecular weight excluding hydrogens is 285 g/mol. The standard InChI is InChI=1S/C13H17BrFNO/c1-3-9(4-2)8-16-13(17)10-5-6-11(14)12(15)7-10/h5-7,9H,3-4,8H2,1-2H3,(H,16,17). The van der Waals surface area contributed by atoms with E-state index in [9.17, 15) is 9.18 Å². The summed E-state index contributed by atoms with van der Waals surface area (Å²) in [6.07, 6.45) is 2.07. The van der Waals surface area contributed by atoms with E-state index < -0.39 is 5.82 Å². The van der Waals surface area contributed by atoms with Crippen molar-refractivity contribution in [2.24, 2.45) is 5.92 Å². The minimum Gasteiger partial charge on any atom is -0.352 e. The van der Waals surface area contributed by atoms with Crippen LogP contribution in [0, 0.1) is 11.7 Å². The summed E-state index contributed by atoms with van der Waals surface area (Å²) in [6.45, 7) is 4.84. The number of rotatable bonds is 5. The molecule has 1 aromatic rings. The van der Waals surface area contributed by atoms with E-state index in [-0.39, 0.29) is 5.91 Å². The Morgan fingerprint density at radius 1 is 1.41 bits per heavy atom. The zero-order chi connectivity index (χ0) is 12.8. The molecule has 0 aliphatic heterocycles. The fourth-order valence-electron chi connectivity index (χ4n) is 1.55. The number of halogens is 2. The second-order valence-corrected chi connectivity index (χ2v) is 4.88. The Morgan fingerprint density at radius 2 is 2.06 bits per heavy atom. The minimum absolute atomic E-state index is 0.219. The van der Waals surface area contributed by atoms with E-state index in [1.54, 1.807) is 12.1 Å². The van der Waals surface area contributed by atoms with Gasteiger partial charge in [-0.05, 0) is 40.0 Å². The van der Waals surface area contributed by atoms with Crippen molar-refractivity contribution in [3.8, 4) is 0 Å². The summed E-state index contributed by atoms with van der Waals surface area (Å²) in [5.74, 6) is -0.150. The van der Waals surface area contributed by atoms with Crippen LogP contribution in [0.4, 0.5) is 4.39 Å². The van der Waals surface area contributed by atoms with Crippen molar-refractivity contribution in [3.63, 3.8) is 0 Å². The van der Waals surface area contributed by atoms with Gasteiger partial charge in [-0.1, -0.05) is 26.7 Å². The zero-order valence-corrected chi connectivity index (χ0v) is 11.7. The predicted octanol–water partition coefficient (Wildman–Crippen LogP) is 3.75. The molecular formula is C13H17BrFNO. The Hall–Kier alpha value is -0.900. The molecule has 0 aliphatic carbocycles. The first-order valence-electron chi connectivity index (χ1n) is 5.81. The van der Waals surface area contributed by atoms with Crippen LogP contribution in [-0.2, 0) is 0 Å². The van der Waals surface area contributed by atoms with Gasteiger partial charge in [0.1, 0.15) is 5.82 Å². The molecule has 0 unspecified atom stereocenters. The van der Waals surface area contributed by atoms with Crippen LogP contribution in [0.15, 0.2) is 22.7 Å². The number of hydrogen-bond donors (Lipinski definition) is 1. The third-order valence-corrected chi connectivity index (χ3v) is 3.53. The fourth-order valence-corrected chi connectivity index (χ4v) is 1.80. The van der Waals surface area contributed by atoms with Gasteiger partial charge in [0.15, 0.2) is 0 Å². The second-order valence-electron chi connectivity index (χ2n) is 4.02. The van der Waals surface area contributed by atoms with E-state index in [4.69, 9.17) is 0 Å². The highest BCUT2D eigenvalue weighted by molar-refractivity contribution is 9.10. The van der Waals surface area contributed by atoms with Crippen LogP contribution in [0.3, 0.4) is 0 Å². The molecule has 1 N–H and O–H groups in total. The maximum atomic E-state index is 13.2. The van der Waals surface area contributed by atoms with Crippen molar-refractivity contribution < 1.29 is 9.18 Å². The highest BCUT2D eigenvalue weighted by Gasteiger charge is 2.10. The number of carbonyl (C=O) groups excluding carboxylic acids is 1. The van der Waals surface area contributed by atoms with E-state index in [0.29, 0.717) is 22.5 Å². The summed E-state index contributed by atoms with van der Waals surface area (Å²) >= 11 is 3.06. The van der Waals surface area contributed by atoms with Crippen molar-refractivity contribution in [2.45, 2.75) is 26.7 Å². The van der Waals surface area contributed by atoms with E-state index in [0.717, 1.165) is 12.8 Å². The van der Waals surface area contributed by atoms with Crippen molar-refractivity contribution in [1.82, 2.24) is 5.32 Å². The molecule has 0 atom stereocenters. The summed E-state index contributed by atoms with van der Waals surface area (Å²) in [6, 6.07) is 4.39. The smallest absolute Gasteiger partial charge is 0.251 e. The lowest BCUT2D eigenvalue weighted by Gasteiger charge is -2.13. The number of carbonyl (C=O) groups is 1. The van der Waals surface area contributed by atoms with E-state index >= 15 is 0 Å². The molecule has 0 saturated heterocycles. The third kappa shape index (κ3) is 4.11. The summed E-state index contributed by atoms with van der Waals surface area (Å²) in [5, 5.41) is 2.83. The van der Waals surface area contributed by atoms with Gasteiger partial charge in [-0.25, -0.2) is 4.39 Å². The molecule has 0 aliphatic rings. The molecule has 1 aromatic carbocycles. The van der Waals surface area contributed by atoms with Gasteiger partial charge in [-0.3, -0.25) is 4.79 Å². The predicted molar refractivity (Wildman–Crippen MR) is 70.5 cm³/mol. The SMILES string of the molecule is CCC(CC)CNC(=O)c1ccc(Br)c(F)c1. The molecule has 1 rings (SSSR count). The maximum absolute atomic E-state index is 13.2. The summed E-state index contributed by atoms with van der Waals surface area (Å²) in [4.78, 5) is 11.8. The summed E-state index contributed by atoms with van der Waals surface area (Å²) in [5.41, 5.74) is 0.358. The van der Waals surface area contributed by atoms with Gasteiger partial charge in [0, 0.05) is 12.1 Å². The molecule has 0 radical (unpaired) electrons. The number of hydrogen-bond acceptors (Lipinski definition) is 1. The molecule has 17 heavy (non-hydrogen) atoms.